The lowest BCUT2D eigenvalue weighted by Crippen LogP contribution is -1.39. The lowest BCUT2D eigenvalue weighted by atomic mass is 11.0. The minimum absolute atomic E-state index is 1.30. The molecular weight excluding hydrogens is 98.0 g/mol. The van der Waals surface area contributed by atoms with Crippen molar-refractivity contribution in [2.45, 2.75) is 6.92 Å². The van der Waals surface area contributed by atoms with Gasteiger partial charge in [-0.1, -0.05) is 22.7 Å². The second-order valence-corrected chi connectivity index (χ2v) is 4.02. The van der Waals surface area contributed by atoms with Gasteiger partial charge in [-0.3, -0.25) is 0 Å². The third kappa shape index (κ3) is 4.60. The first-order valence-electron chi connectivity index (χ1n) is 1.67. The molecule has 0 aliphatic rings. The Morgan fingerprint density at radius 1 is 1.60 bits per heavy atom. The summed E-state index contributed by atoms with van der Waals surface area (Å²) in [5.74, 6) is 0. The summed E-state index contributed by atoms with van der Waals surface area (Å²) in [4.78, 5) is 0. The van der Waals surface area contributed by atoms with Crippen LogP contribution in [0.1, 0.15) is 6.92 Å². The van der Waals surface area contributed by atoms with Crippen molar-refractivity contribution in [3.8, 4) is 0 Å². The Labute approximate surface area is 36.4 Å². The third-order valence-corrected chi connectivity index (χ3v) is 2.55. The van der Waals surface area contributed by atoms with E-state index >= 15 is 0 Å². The summed E-state index contributed by atoms with van der Waals surface area (Å²) >= 11 is 0. The molecule has 0 spiro atoms. The minimum Gasteiger partial charge on any atom is -0.0797 e. The maximum atomic E-state index is 2.19. The zero-order chi connectivity index (χ0) is 4.12. The molecule has 0 nitrogen and oxygen atoms in total. The van der Waals surface area contributed by atoms with Crippen LogP contribution >= 0.6 is 15.7 Å². The Hall–Kier alpha value is 0.600. The molecule has 0 rings (SSSR count). The van der Waals surface area contributed by atoms with Gasteiger partial charge >= 0.3 is 0 Å². The van der Waals surface area contributed by atoms with Gasteiger partial charge in [-0.05, 0) is 12.8 Å². The molecule has 0 radical (unpaired) electrons. The molecule has 0 aromatic carbocycles. The molecule has 0 saturated heterocycles. The van der Waals surface area contributed by atoms with Crippen molar-refractivity contribution in [1.82, 2.24) is 0 Å². The van der Waals surface area contributed by atoms with Crippen molar-refractivity contribution in [2.24, 2.45) is 0 Å². The maximum Gasteiger partial charge on any atom is -0.00945 e. The average Bonchev–Trinajstić information content (AvgIpc) is 1.41. The first-order chi connectivity index (χ1) is 2.41. The normalized spacial score (nSPS) is 10.0. The lowest BCUT2D eigenvalue weighted by molar-refractivity contribution is 1.53. The topological polar surface area (TPSA) is 0 Å². The highest BCUT2D eigenvalue weighted by Gasteiger charge is 1.54. The van der Waals surface area contributed by atoms with Crippen LogP contribution in [-0.2, 0) is 0 Å². The maximum absolute atomic E-state index is 2.19. The third-order valence-electron chi connectivity index (χ3n) is 0.283. The van der Waals surface area contributed by atoms with Gasteiger partial charge in [0.25, 0.3) is 0 Å². The SMILES string of the molecule is CCP=PC. The second kappa shape index (κ2) is 4.60. The van der Waals surface area contributed by atoms with Crippen molar-refractivity contribution in [1.29, 1.82) is 0 Å². The monoisotopic (exact) mass is 106 g/mol. The first kappa shape index (κ1) is 5.60. The fourth-order valence-corrected chi connectivity index (χ4v) is 1.27. The molecule has 0 aromatic heterocycles. The van der Waals surface area contributed by atoms with Crippen LogP contribution in [-0.4, -0.2) is 12.8 Å². The predicted molar refractivity (Wildman–Crippen MR) is 30.3 cm³/mol. The summed E-state index contributed by atoms with van der Waals surface area (Å²) in [6.07, 6.45) is 1.30. The zero-order valence-electron chi connectivity index (χ0n) is 3.60. The van der Waals surface area contributed by atoms with Crippen molar-refractivity contribution >= 4 is 15.7 Å². The zero-order valence-corrected chi connectivity index (χ0v) is 5.39. The molecule has 0 unspecified atom stereocenters. The van der Waals surface area contributed by atoms with Gasteiger partial charge in [0.15, 0.2) is 0 Å². The quantitative estimate of drug-likeness (QED) is 0.450. The highest BCUT2D eigenvalue weighted by Crippen LogP contribution is 2.08. The molecule has 0 saturated carbocycles. The van der Waals surface area contributed by atoms with Crippen LogP contribution in [0.2, 0.25) is 0 Å². The highest BCUT2D eigenvalue weighted by atomic mass is 31.7. The Bertz CT molecular complexity index is 31.9. The van der Waals surface area contributed by atoms with Crippen LogP contribution in [0.4, 0.5) is 0 Å². The number of hydrogen-bond acceptors (Lipinski definition) is 0. The second-order valence-electron chi connectivity index (χ2n) is 0.658. The highest BCUT2D eigenvalue weighted by molar-refractivity contribution is 7.83. The van der Waals surface area contributed by atoms with Crippen molar-refractivity contribution in [3.63, 3.8) is 0 Å². The molecule has 0 aromatic rings. The molecule has 2 heteroatoms. The predicted octanol–water partition coefficient (Wildman–Crippen LogP) is 2.44. The van der Waals surface area contributed by atoms with Crippen molar-refractivity contribution < 1.29 is 0 Å². The number of rotatable bonds is 1. The van der Waals surface area contributed by atoms with E-state index in [2.05, 4.69) is 13.6 Å². The van der Waals surface area contributed by atoms with Gasteiger partial charge in [0.2, 0.25) is 0 Å². The first-order valence-corrected chi connectivity index (χ1v) is 4.80. The smallest absolute Gasteiger partial charge is 0.00945 e. The van der Waals surface area contributed by atoms with E-state index in [1.54, 1.807) is 7.87 Å². The Kier molecular flexibility index (Phi) is 5.15. The van der Waals surface area contributed by atoms with Crippen LogP contribution in [0, 0.1) is 0 Å². The molecule has 0 aliphatic heterocycles. The standard InChI is InChI=1S/C3H8P2/c1-3-5-4-2/h3H2,1-2H3. The molecule has 0 bridgehead atoms. The van der Waals surface area contributed by atoms with Crippen LogP contribution in [0.3, 0.4) is 0 Å². The van der Waals surface area contributed by atoms with Gasteiger partial charge in [-0.2, -0.15) is 0 Å². The van der Waals surface area contributed by atoms with Gasteiger partial charge in [0.1, 0.15) is 0 Å². The van der Waals surface area contributed by atoms with Crippen LogP contribution in [0.15, 0.2) is 0 Å². The van der Waals surface area contributed by atoms with E-state index in [0.717, 1.165) is 0 Å². The van der Waals surface area contributed by atoms with Crippen molar-refractivity contribution in [3.05, 3.63) is 0 Å². The van der Waals surface area contributed by atoms with E-state index in [1.807, 2.05) is 0 Å². The van der Waals surface area contributed by atoms with E-state index in [1.165, 1.54) is 14.0 Å². The van der Waals surface area contributed by atoms with E-state index in [0.29, 0.717) is 0 Å². The fourth-order valence-electron chi connectivity index (χ4n) is 0.141. The van der Waals surface area contributed by atoms with Crippen LogP contribution < -0.4 is 0 Å². The Morgan fingerprint density at radius 2 is 2.20 bits per heavy atom. The lowest BCUT2D eigenvalue weighted by Gasteiger charge is -1.63. The number of hydrogen-bond donors (Lipinski definition) is 0. The van der Waals surface area contributed by atoms with Gasteiger partial charge in [0.05, 0.1) is 0 Å². The van der Waals surface area contributed by atoms with Gasteiger partial charge in [0, 0.05) is 0 Å². The van der Waals surface area contributed by atoms with E-state index < -0.39 is 0 Å². The summed E-state index contributed by atoms with van der Waals surface area (Å²) in [7, 11) is 3.05. The average molecular weight is 106 g/mol. The van der Waals surface area contributed by atoms with Gasteiger partial charge < -0.3 is 0 Å². The summed E-state index contributed by atoms with van der Waals surface area (Å²) in [5.41, 5.74) is 0. The molecule has 0 fully saturated rings. The summed E-state index contributed by atoms with van der Waals surface area (Å²) in [6, 6.07) is 0. The van der Waals surface area contributed by atoms with Gasteiger partial charge in [-0.15, -0.1) is 0 Å². The molecule has 0 N–H and O–H groups in total. The van der Waals surface area contributed by atoms with Crippen LogP contribution in [0.25, 0.3) is 0 Å². The molecule has 30 valence electrons. The molecule has 0 aliphatic carbocycles. The molecule has 0 heterocycles. The summed E-state index contributed by atoms with van der Waals surface area (Å²) in [6.45, 7) is 4.36. The molecule has 0 atom stereocenters. The van der Waals surface area contributed by atoms with Crippen LogP contribution in [0.5, 0.6) is 0 Å². The molecular formula is C3H8P2. The Balaban J connectivity index is 2.62. The van der Waals surface area contributed by atoms with Gasteiger partial charge in [-0.25, -0.2) is 0 Å². The largest absolute Gasteiger partial charge is 0.0797 e. The molecule has 5 heavy (non-hydrogen) atoms. The summed E-state index contributed by atoms with van der Waals surface area (Å²) in [5, 5.41) is 0. The summed E-state index contributed by atoms with van der Waals surface area (Å²) < 4.78 is 0. The fraction of sp³-hybridized carbons (Fsp3) is 1.00. The van der Waals surface area contributed by atoms with E-state index in [9.17, 15) is 0 Å². The Morgan fingerprint density at radius 3 is 2.20 bits per heavy atom. The molecule has 0 amide bonds. The van der Waals surface area contributed by atoms with E-state index in [4.69, 9.17) is 0 Å². The van der Waals surface area contributed by atoms with Crippen molar-refractivity contribution in [2.75, 3.05) is 12.8 Å². The minimum atomic E-state index is 1.30. The van der Waals surface area contributed by atoms with E-state index in [-0.39, 0.29) is 0 Å².